The molecule has 2 atom stereocenters. The molecular formula is C9H14FNO. The second kappa shape index (κ2) is 2.54. The van der Waals surface area contributed by atoms with Crippen LogP contribution in [0.25, 0.3) is 0 Å². The molecule has 0 aromatic carbocycles. The van der Waals surface area contributed by atoms with Crippen molar-refractivity contribution in [1.82, 2.24) is 4.90 Å². The average Bonchev–Trinajstić information content (AvgIpc) is 2.40. The van der Waals surface area contributed by atoms with E-state index >= 15 is 0 Å². The molecule has 68 valence electrons. The van der Waals surface area contributed by atoms with Crippen LogP contribution in [0, 0.1) is 0 Å². The first kappa shape index (κ1) is 8.20. The van der Waals surface area contributed by atoms with Crippen LogP contribution in [-0.2, 0) is 0 Å². The Balaban J connectivity index is 2.21. The second-order valence-corrected chi connectivity index (χ2v) is 3.99. The van der Waals surface area contributed by atoms with E-state index in [1.54, 1.807) is 0 Å². The highest BCUT2D eigenvalue weighted by Gasteiger charge is 2.49. The normalized spacial score (nSPS) is 42.2. The Morgan fingerprint density at radius 2 is 2.50 bits per heavy atom. The zero-order chi connectivity index (χ0) is 8.77. The highest BCUT2D eigenvalue weighted by Crippen LogP contribution is 2.41. The molecule has 0 aromatic heterocycles. The molecule has 0 aliphatic carbocycles. The van der Waals surface area contributed by atoms with Gasteiger partial charge in [-0.25, -0.2) is 4.39 Å². The molecule has 2 saturated heterocycles. The van der Waals surface area contributed by atoms with Crippen molar-refractivity contribution in [2.75, 3.05) is 19.7 Å². The molecule has 2 heterocycles. The van der Waals surface area contributed by atoms with Crippen LogP contribution in [0.2, 0.25) is 0 Å². The highest BCUT2D eigenvalue weighted by atomic mass is 19.1. The van der Waals surface area contributed by atoms with E-state index in [2.05, 4.69) is 6.58 Å². The lowest BCUT2D eigenvalue weighted by Gasteiger charge is -2.28. The average molecular weight is 171 g/mol. The van der Waals surface area contributed by atoms with E-state index < -0.39 is 6.17 Å². The topological polar surface area (TPSA) is 23.5 Å². The van der Waals surface area contributed by atoms with E-state index in [1.807, 2.05) is 4.90 Å². The van der Waals surface area contributed by atoms with Gasteiger partial charge in [-0.05, 0) is 6.42 Å². The van der Waals surface area contributed by atoms with Gasteiger partial charge in [-0.2, -0.15) is 0 Å². The van der Waals surface area contributed by atoms with Gasteiger partial charge in [0.05, 0.1) is 12.1 Å². The fraction of sp³-hybridized carbons (Fsp3) is 0.778. The summed E-state index contributed by atoms with van der Waals surface area (Å²) >= 11 is 0. The maximum Gasteiger partial charge on any atom is 0.115 e. The monoisotopic (exact) mass is 171 g/mol. The van der Waals surface area contributed by atoms with Gasteiger partial charge in [0, 0.05) is 19.5 Å². The number of hydrogen-bond donors (Lipinski definition) is 1. The molecule has 0 spiro atoms. The van der Waals surface area contributed by atoms with Gasteiger partial charge in [0.2, 0.25) is 0 Å². The van der Waals surface area contributed by atoms with Crippen LogP contribution in [0.15, 0.2) is 12.2 Å². The molecule has 0 aromatic rings. The number of hydrogen-bond acceptors (Lipinski definition) is 2. The van der Waals surface area contributed by atoms with Crippen LogP contribution in [0.3, 0.4) is 0 Å². The van der Waals surface area contributed by atoms with Crippen LogP contribution in [0.4, 0.5) is 4.39 Å². The van der Waals surface area contributed by atoms with Crippen molar-refractivity contribution in [3.05, 3.63) is 12.2 Å². The standard InChI is InChI=1S/C9H14FNO/c1-7-2-9(6-12)3-8(10)5-11(9)4-7/h8,12H,1-6H2. The minimum Gasteiger partial charge on any atom is -0.394 e. The quantitative estimate of drug-likeness (QED) is 0.588. The van der Waals surface area contributed by atoms with E-state index in [9.17, 15) is 9.50 Å². The maximum atomic E-state index is 13.0. The molecule has 0 radical (unpaired) electrons. The lowest BCUT2D eigenvalue weighted by Crippen LogP contribution is -2.41. The van der Waals surface area contributed by atoms with E-state index in [1.165, 1.54) is 0 Å². The minimum atomic E-state index is -0.759. The molecule has 0 bridgehead atoms. The molecule has 0 amide bonds. The number of nitrogens with zero attached hydrogens (tertiary/aromatic N) is 1. The zero-order valence-electron chi connectivity index (χ0n) is 7.09. The molecule has 2 nitrogen and oxygen atoms in total. The third-order valence-electron chi connectivity index (χ3n) is 2.98. The van der Waals surface area contributed by atoms with Crippen molar-refractivity contribution in [1.29, 1.82) is 0 Å². The van der Waals surface area contributed by atoms with Crippen LogP contribution >= 0.6 is 0 Å². The zero-order valence-corrected chi connectivity index (χ0v) is 7.09. The Hall–Kier alpha value is -0.410. The summed E-state index contributed by atoms with van der Waals surface area (Å²) in [5, 5.41) is 9.21. The third kappa shape index (κ3) is 1.00. The van der Waals surface area contributed by atoms with E-state index in [4.69, 9.17) is 0 Å². The lowest BCUT2D eigenvalue weighted by molar-refractivity contribution is 0.0997. The number of aliphatic hydroxyl groups excluding tert-OH is 1. The fourth-order valence-electron chi connectivity index (χ4n) is 2.47. The van der Waals surface area contributed by atoms with Gasteiger partial charge in [-0.1, -0.05) is 12.2 Å². The summed E-state index contributed by atoms with van der Waals surface area (Å²) in [6, 6.07) is 0. The summed E-state index contributed by atoms with van der Waals surface area (Å²) in [5.41, 5.74) is 0.826. The van der Waals surface area contributed by atoms with Gasteiger partial charge in [0.25, 0.3) is 0 Å². The number of halogens is 1. The molecule has 2 fully saturated rings. The van der Waals surface area contributed by atoms with E-state index in [0.717, 1.165) is 18.5 Å². The van der Waals surface area contributed by atoms with Crippen molar-refractivity contribution in [3.63, 3.8) is 0 Å². The summed E-state index contributed by atoms with van der Waals surface area (Å²) in [6.07, 6.45) is 0.483. The molecule has 2 unspecified atom stereocenters. The number of fused-ring (bicyclic) bond motifs is 1. The molecular weight excluding hydrogens is 157 g/mol. The molecule has 1 N–H and O–H groups in total. The molecule has 2 aliphatic rings. The first-order chi connectivity index (χ1) is 5.66. The number of alkyl halides is 1. The first-order valence-electron chi connectivity index (χ1n) is 4.33. The Morgan fingerprint density at radius 1 is 1.75 bits per heavy atom. The van der Waals surface area contributed by atoms with Gasteiger partial charge in [0.1, 0.15) is 6.17 Å². The Kier molecular flexibility index (Phi) is 1.73. The lowest BCUT2D eigenvalue weighted by atomic mass is 9.93. The van der Waals surface area contributed by atoms with Crippen LogP contribution in [0.5, 0.6) is 0 Å². The van der Waals surface area contributed by atoms with Crippen molar-refractivity contribution in [2.24, 2.45) is 0 Å². The van der Waals surface area contributed by atoms with Crippen molar-refractivity contribution >= 4 is 0 Å². The Labute approximate surface area is 71.7 Å². The number of rotatable bonds is 1. The first-order valence-corrected chi connectivity index (χ1v) is 4.33. The van der Waals surface area contributed by atoms with Crippen molar-refractivity contribution in [3.8, 4) is 0 Å². The molecule has 2 rings (SSSR count). The van der Waals surface area contributed by atoms with Crippen molar-refractivity contribution in [2.45, 2.75) is 24.6 Å². The maximum absolute atomic E-state index is 13.0. The van der Waals surface area contributed by atoms with Gasteiger partial charge < -0.3 is 5.11 Å². The predicted octanol–water partition coefficient (Wildman–Crippen LogP) is 0.721. The molecule has 0 saturated carbocycles. The van der Waals surface area contributed by atoms with Gasteiger partial charge in [-0.3, -0.25) is 4.90 Å². The van der Waals surface area contributed by atoms with Crippen LogP contribution in [-0.4, -0.2) is 41.4 Å². The molecule has 12 heavy (non-hydrogen) atoms. The van der Waals surface area contributed by atoms with Gasteiger partial charge in [0.15, 0.2) is 0 Å². The minimum absolute atomic E-state index is 0.0619. The third-order valence-corrected chi connectivity index (χ3v) is 2.98. The van der Waals surface area contributed by atoms with Gasteiger partial charge in [-0.15, -0.1) is 0 Å². The summed E-state index contributed by atoms with van der Waals surface area (Å²) < 4.78 is 13.0. The fourth-order valence-corrected chi connectivity index (χ4v) is 2.47. The highest BCUT2D eigenvalue weighted by molar-refractivity contribution is 5.18. The Bertz CT molecular complexity index is 219. The van der Waals surface area contributed by atoms with Gasteiger partial charge >= 0.3 is 0 Å². The largest absolute Gasteiger partial charge is 0.394 e. The van der Waals surface area contributed by atoms with Crippen molar-refractivity contribution < 1.29 is 9.50 Å². The summed E-state index contributed by atoms with van der Waals surface area (Å²) in [5.74, 6) is 0. The smallest absolute Gasteiger partial charge is 0.115 e. The molecule has 2 aliphatic heterocycles. The van der Waals surface area contributed by atoms with Crippen LogP contribution in [0.1, 0.15) is 12.8 Å². The molecule has 3 heteroatoms. The Morgan fingerprint density at radius 3 is 3.08 bits per heavy atom. The summed E-state index contributed by atoms with van der Waals surface area (Å²) in [4.78, 5) is 2.03. The van der Waals surface area contributed by atoms with Crippen LogP contribution < -0.4 is 0 Å². The van der Waals surface area contributed by atoms with E-state index in [0.29, 0.717) is 13.0 Å². The predicted molar refractivity (Wildman–Crippen MR) is 44.7 cm³/mol. The summed E-state index contributed by atoms with van der Waals surface area (Å²) in [6.45, 7) is 5.18. The number of aliphatic hydroxyl groups is 1. The SMILES string of the molecule is C=C1CN2CC(F)CC2(CO)C1. The van der Waals surface area contributed by atoms with E-state index in [-0.39, 0.29) is 12.1 Å². The second-order valence-electron chi connectivity index (χ2n) is 3.99. The summed E-state index contributed by atoms with van der Waals surface area (Å²) in [7, 11) is 0.